The van der Waals surface area contributed by atoms with Gasteiger partial charge in [-0.05, 0) is 56.1 Å². The van der Waals surface area contributed by atoms with E-state index in [1.165, 1.54) is 16.8 Å². The molecule has 23 heavy (non-hydrogen) atoms. The van der Waals surface area contributed by atoms with Crippen LogP contribution in [0.15, 0.2) is 48.5 Å². The van der Waals surface area contributed by atoms with E-state index in [1.807, 2.05) is 44.3 Å². The van der Waals surface area contributed by atoms with Gasteiger partial charge in [-0.25, -0.2) is 0 Å². The first-order valence-corrected chi connectivity index (χ1v) is 8.30. The van der Waals surface area contributed by atoms with Gasteiger partial charge in [0.05, 0.1) is 6.04 Å². The van der Waals surface area contributed by atoms with Crippen LogP contribution in [0.1, 0.15) is 34.8 Å². The third-order valence-electron chi connectivity index (χ3n) is 4.64. The summed E-state index contributed by atoms with van der Waals surface area (Å²) in [6.45, 7) is 3.79. The molecule has 1 N–H and O–H groups in total. The van der Waals surface area contributed by atoms with Crippen LogP contribution in [0.4, 0.5) is 5.69 Å². The Labute approximate surface area is 138 Å². The van der Waals surface area contributed by atoms with E-state index in [0.29, 0.717) is 0 Å². The van der Waals surface area contributed by atoms with Gasteiger partial charge in [0.1, 0.15) is 0 Å². The number of nitrogens with zero attached hydrogens (tertiary/aromatic N) is 1. The van der Waals surface area contributed by atoms with E-state index < -0.39 is 0 Å². The van der Waals surface area contributed by atoms with Gasteiger partial charge in [0.2, 0.25) is 0 Å². The number of hydrogen-bond acceptors (Lipinski definition) is 3. The summed E-state index contributed by atoms with van der Waals surface area (Å²) in [4.78, 5) is 14.9. The van der Waals surface area contributed by atoms with Crippen molar-refractivity contribution in [3.05, 3.63) is 65.2 Å². The average Bonchev–Trinajstić information content (AvgIpc) is 2.61. The first-order chi connectivity index (χ1) is 11.1. The molecule has 0 aliphatic carbocycles. The SMILES string of the molecule is CC(C(=O)c1ccc2c(c1)CCCN2)N(C)Cc1ccccc1. The molecule has 1 aliphatic heterocycles. The summed E-state index contributed by atoms with van der Waals surface area (Å²) in [6.07, 6.45) is 2.19. The molecule has 1 unspecified atom stereocenters. The van der Waals surface area contributed by atoms with Gasteiger partial charge in [-0.1, -0.05) is 30.3 Å². The van der Waals surface area contributed by atoms with Crippen molar-refractivity contribution in [2.24, 2.45) is 0 Å². The highest BCUT2D eigenvalue weighted by molar-refractivity contribution is 6.00. The summed E-state index contributed by atoms with van der Waals surface area (Å²) >= 11 is 0. The van der Waals surface area contributed by atoms with Crippen molar-refractivity contribution < 1.29 is 4.79 Å². The first kappa shape index (κ1) is 15.8. The minimum atomic E-state index is -0.134. The molecule has 0 saturated heterocycles. The summed E-state index contributed by atoms with van der Waals surface area (Å²) in [7, 11) is 2.01. The number of fused-ring (bicyclic) bond motifs is 1. The third-order valence-corrected chi connectivity index (χ3v) is 4.64. The lowest BCUT2D eigenvalue weighted by Gasteiger charge is -2.24. The number of nitrogens with one attached hydrogen (secondary N) is 1. The monoisotopic (exact) mass is 308 g/mol. The van der Waals surface area contributed by atoms with Crippen molar-refractivity contribution in [3.8, 4) is 0 Å². The van der Waals surface area contributed by atoms with E-state index in [0.717, 1.165) is 31.5 Å². The maximum atomic E-state index is 12.8. The zero-order valence-electron chi connectivity index (χ0n) is 13.9. The van der Waals surface area contributed by atoms with E-state index in [2.05, 4.69) is 28.4 Å². The smallest absolute Gasteiger partial charge is 0.179 e. The Morgan fingerprint density at radius 3 is 2.78 bits per heavy atom. The molecule has 0 bridgehead atoms. The number of anilines is 1. The van der Waals surface area contributed by atoms with E-state index in [4.69, 9.17) is 0 Å². The Morgan fingerprint density at radius 1 is 1.22 bits per heavy atom. The van der Waals surface area contributed by atoms with Crippen LogP contribution in [-0.2, 0) is 13.0 Å². The molecule has 3 rings (SSSR count). The van der Waals surface area contributed by atoms with Crippen LogP contribution in [-0.4, -0.2) is 30.3 Å². The zero-order valence-corrected chi connectivity index (χ0v) is 13.9. The van der Waals surface area contributed by atoms with Crippen molar-refractivity contribution in [1.82, 2.24) is 4.90 Å². The number of carbonyl (C=O) groups excluding carboxylic acids is 1. The lowest BCUT2D eigenvalue weighted by Crippen LogP contribution is -2.35. The molecule has 1 aliphatic rings. The summed E-state index contributed by atoms with van der Waals surface area (Å²) in [6, 6.07) is 16.2. The molecule has 2 aromatic rings. The Bertz CT molecular complexity index is 681. The molecular weight excluding hydrogens is 284 g/mol. The van der Waals surface area contributed by atoms with Crippen LogP contribution >= 0.6 is 0 Å². The molecule has 0 amide bonds. The fourth-order valence-electron chi connectivity index (χ4n) is 3.08. The van der Waals surface area contributed by atoms with Gasteiger partial charge in [0, 0.05) is 24.3 Å². The molecule has 2 aromatic carbocycles. The number of carbonyl (C=O) groups is 1. The van der Waals surface area contributed by atoms with Gasteiger partial charge in [0.15, 0.2) is 5.78 Å². The average molecular weight is 308 g/mol. The maximum absolute atomic E-state index is 12.8. The van der Waals surface area contributed by atoms with Gasteiger partial charge in [-0.15, -0.1) is 0 Å². The number of Topliss-reactive ketones (excluding diaryl/α,β-unsaturated/α-hetero) is 1. The van der Waals surface area contributed by atoms with Crippen LogP contribution in [0.5, 0.6) is 0 Å². The maximum Gasteiger partial charge on any atom is 0.179 e. The van der Waals surface area contributed by atoms with Crippen LogP contribution in [0, 0.1) is 0 Å². The molecule has 3 heteroatoms. The molecule has 1 atom stereocenters. The zero-order chi connectivity index (χ0) is 16.2. The van der Waals surface area contributed by atoms with E-state index in [1.54, 1.807) is 0 Å². The van der Waals surface area contributed by atoms with Crippen LogP contribution in [0.2, 0.25) is 0 Å². The summed E-state index contributed by atoms with van der Waals surface area (Å²) in [5, 5.41) is 3.39. The molecule has 0 aromatic heterocycles. The normalized spacial score (nSPS) is 14.9. The Hall–Kier alpha value is -2.13. The lowest BCUT2D eigenvalue weighted by atomic mass is 9.96. The minimum absolute atomic E-state index is 0.134. The minimum Gasteiger partial charge on any atom is -0.385 e. The van der Waals surface area contributed by atoms with Crippen molar-refractivity contribution >= 4 is 11.5 Å². The van der Waals surface area contributed by atoms with Crippen LogP contribution in [0.25, 0.3) is 0 Å². The summed E-state index contributed by atoms with van der Waals surface area (Å²) in [5.74, 6) is 0.191. The second-order valence-electron chi connectivity index (χ2n) is 6.34. The van der Waals surface area contributed by atoms with Gasteiger partial charge in [-0.3, -0.25) is 9.69 Å². The molecule has 0 fully saturated rings. The largest absolute Gasteiger partial charge is 0.385 e. The first-order valence-electron chi connectivity index (χ1n) is 8.30. The van der Waals surface area contributed by atoms with Crippen molar-refractivity contribution in [3.63, 3.8) is 0 Å². The fourth-order valence-corrected chi connectivity index (χ4v) is 3.08. The van der Waals surface area contributed by atoms with E-state index in [9.17, 15) is 4.79 Å². The lowest BCUT2D eigenvalue weighted by molar-refractivity contribution is 0.0862. The predicted octanol–water partition coefficient (Wildman–Crippen LogP) is 3.75. The van der Waals surface area contributed by atoms with Gasteiger partial charge in [0.25, 0.3) is 0 Å². The molecule has 3 nitrogen and oxygen atoms in total. The number of benzene rings is 2. The highest BCUT2D eigenvalue weighted by atomic mass is 16.1. The molecule has 1 heterocycles. The van der Waals surface area contributed by atoms with Crippen molar-refractivity contribution in [2.75, 3.05) is 18.9 Å². The quantitative estimate of drug-likeness (QED) is 0.854. The second kappa shape index (κ2) is 6.97. The second-order valence-corrected chi connectivity index (χ2v) is 6.34. The molecule has 120 valence electrons. The van der Waals surface area contributed by atoms with Crippen molar-refractivity contribution in [2.45, 2.75) is 32.4 Å². The Kier molecular flexibility index (Phi) is 4.77. The number of likely N-dealkylation sites (N-methyl/N-ethyl adjacent to an activating group) is 1. The molecule has 0 saturated carbocycles. The summed E-state index contributed by atoms with van der Waals surface area (Å²) in [5.41, 5.74) is 4.49. The van der Waals surface area contributed by atoms with Gasteiger partial charge < -0.3 is 5.32 Å². The number of ketones is 1. The van der Waals surface area contributed by atoms with E-state index in [-0.39, 0.29) is 11.8 Å². The van der Waals surface area contributed by atoms with Crippen LogP contribution in [0.3, 0.4) is 0 Å². The number of hydrogen-bond donors (Lipinski definition) is 1. The molecule has 0 spiro atoms. The highest BCUT2D eigenvalue weighted by Gasteiger charge is 2.21. The number of rotatable bonds is 5. The van der Waals surface area contributed by atoms with Crippen molar-refractivity contribution in [1.29, 1.82) is 0 Å². The van der Waals surface area contributed by atoms with E-state index >= 15 is 0 Å². The predicted molar refractivity (Wildman–Crippen MR) is 95.0 cm³/mol. The number of aryl methyl sites for hydroxylation is 1. The molecular formula is C20H24N2O. The van der Waals surface area contributed by atoms with Crippen LogP contribution < -0.4 is 5.32 Å². The van der Waals surface area contributed by atoms with Gasteiger partial charge in [-0.2, -0.15) is 0 Å². The molecule has 0 radical (unpaired) electrons. The van der Waals surface area contributed by atoms with Gasteiger partial charge >= 0.3 is 0 Å². The Balaban J connectivity index is 1.71. The standard InChI is InChI=1S/C20H24N2O/c1-15(22(2)14-16-7-4-3-5-8-16)20(23)18-10-11-19-17(13-18)9-6-12-21-19/h3-5,7-8,10-11,13,15,21H,6,9,12,14H2,1-2H3. The summed E-state index contributed by atoms with van der Waals surface area (Å²) < 4.78 is 0. The highest BCUT2D eigenvalue weighted by Crippen LogP contribution is 2.24. The third kappa shape index (κ3) is 3.62. The Morgan fingerprint density at radius 2 is 2.00 bits per heavy atom. The fraction of sp³-hybridized carbons (Fsp3) is 0.350. The topological polar surface area (TPSA) is 32.3 Å².